The Balaban J connectivity index is 2.05. The summed E-state index contributed by atoms with van der Waals surface area (Å²) in [6.07, 6.45) is 1.59. The fraction of sp³-hybridized carbons (Fsp3) is 0.417. The Hall–Kier alpha value is -2.82. The topological polar surface area (TPSA) is 64.6 Å². The van der Waals surface area contributed by atoms with Crippen molar-refractivity contribution in [1.29, 1.82) is 0 Å². The van der Waals surface area contributed by atoms with Gasteiger partial charge in [-0.25, -0.2) is 4.79 Å². The zero-order chi connectivity index (χ0) is 21.4. The molecule has 5 heteroatoms. The maximum Gasteiger partial charge on any atom is 0.347 e. The molecule has 1 amide bonds. The summed E-state index contributed by atoms with van der Waals surface area (Å²) in [5.74, 6) is -0.0563. The largest absolute Gasteiger partial charge is 0.479 e. The van der Waals surface area contributed by atoms with Crippen molar-refractivity contribution in [3.05, 3.63) is 59.2 Å². The highest BCUT2D eigenvalue weighted by Gasteiger charge is 2.19. The molecule has 0 fully saturated rings. The predicted molar refractivity (Wildman–Crippen MR) is 116 cm³/mol. The van der Waals surface area contributed by atoms with Gasteiger partial charge in [0.05, 0.1) is 6.10 Å². The molecule has 0 radical (unpaired) electrons. The van der Waals surface area contributed by atoms with Crippen LogP contribution in [0.2, 0.25) is 0 Å². The number of carbonyl (C=O) groups excluding carboxylic acids is 2. The lowest BCUT2D eigenvalue weighted by atomic mass is 10.0. The lowest BCUT2D eigenvalue weighted by Gasteiger charge is -2.17. The van der Waals surface area contributed by atoms with Gasteiger partial charge in [0.15, 0.2) is 6.10 Å². The van der Waals surface area contributed by atoms with Crippen LogP contribution >= 0.6 is 0 Å². The van der Waals surface area contributed by atoms with Gasteiger partial charge in [0.1, 0.15) is 5.75 Å². The number of aryl methyl sites for hydroxylation is 2. The minimum atomic E-state index is -0.716. The summed E-state index contributed by atoms with van der Waals surface area (Å²) >= 11 is 0. The number of benzene rings is 2. The highest BCUT2D eigenvalue weighted by atomic mass is 16.6. The molecular weight excluding hydrogens is 366 g/mol. The molecule has 0 spiro atoms. The van der Waals surface area contributed by atoms with E-state index in [0.29, 0.717) is 11.3 Å². The van der Waals surface area contributed by atoms with Gasteiger partial charge in [-0.1, -0.05) is 39.0 Å². The summed E-state index contributed by atoms with van der Waals surface area (Å²) in [5, 5.41) is 3.05. The van der Waals surface area contributed by atoms with Crippen LogP contribution in [0.1, 0.15) is 62.5 Å². The van der Waals surface area contributed by atoms with E-state index in [1.165, 1.54) is 0 Å². The second kappa shape index (κ2) is 10.6. The molecule has 1 N–H and O–H groups in total. The van der Waals surface area contributed by atoms with Crippen molar-refractivity contribution in [2.45, 2.75) is 66.1 Å². The van der Waals surface area contributed by atoms with E-state index in [-0.39, 0.29) is 12.0 Å². The fourth-order valence-electron chi connectivity index (χ4n) is 2.90. The van der Waals surface area contributed by atoms with Crippen LogP contribution in [0.25, 0.3) is 0 Å². The molecule has 0 aliphatic heterocycles. The first-order valence-electron chi connectivity index (χ1n) is 10.3. The molecule has 2 aromatic rings. The van der Waals surface area contributed by atoms with E-state index in [9.17, 15) is 9.59 Å². The lowest BCUT2D eigenvalue weighted by Crippen LogP contribution is -2.29. The Bertz CT molecular complexity index is 807. The monoisotopic (exact) mass is 397 g/mol. The summed E-state index contributed by atoms with van der Waals surface area (Å²) < 4.78 is 10.9. The molecule has 0 aliphatic rings. The summed E-state index contributed by atoms with van der Waals surface area (Å²) in [7, 11) is 0. The van der Waals surface area contributed by atoms with E-state index in [2.05, 4.69) is 19.2 Å². The van der Waals surface area contributed by atoms with Crippen LogP contribution in [0.4, 0.5) is 5.69 Å². The zero-order valence-electron chi connectivity index (χ0n) is 18.0. The highest BCUT2D eigenvalue weighted by Crippen LogP contribution is 2.24. The fourth-order valence-corrected chi connectivity index (χ4v) is 2.90. The van der Waals surface area contributed by atoms with Crippen LogP contribution in [0, 0.1) is 0 Å². The number of nitrogens with one attached hydrogen (secondary N) is 1. The number of anilines is 1. The third kappa shape index (κ3) is 6.08. The first-order chi connectivity index (χ1) is 13.9. The Morgan fingerprint density at radius 1 is 0.931 bits per heavy atom. The van der Waals surface area contributed by atoms with Gasteiger partial charge in [-0.3, -0.25) is 4.79 Å². The van der Waals surface area contributed by atoms with Gasteiger partial charge in [-0.05, 0) is 68.5 Å². The van der Waals surface area contributed by atoms with E-state index in [1.807, 2.05) is 32.0 Å². The van der Waals surface area contributed by atoms with Crippen LogP contribution in [-0.4, -0.2) is 24.1 Å². The number of carbonyl (C=O) groups is 2. The van der Waals surface area contributed by atoms with Crippen LogP contribution in [0.5, 0.6) is 5.75 Å². The smallest absolute Gasteiger partial charge is 0.347 e. The molecule has 156 valence electrons. The molecule has 2 atom stereocenters. The quantitative estimate of drug-likeness (QED) is 0.593. The second-order valence-electron chi connectivity index (χ2n) is 7.05. The standard InChI is InChI=1S/C24H31NO4/c1-6-16(4)28-24(27)17(5)29-21-14-12-20(13-15-21)23(26)25-22-18(7-2)10-9-11-19(22)8-3/h9-17H,6-8H2,1-5H3,(H,25,26). The van der Waals surface area contributed by atoms with E-state index < -0.39 is 12.1 Å². The molecule has 2 unspecified atom stereocenters. The second-order valence-corrected chi connectivity index (χ2v) is 7.05. The van der Waals surface area contributed by atoms with Crippen LogP contribution in [0.3, 0.4) is 0 Å². The molecule has 29 heavy (non-hydrogen) atoms. The number of esters is 1. The number of hydrogen-bond acceptors (Lipinski definition) is 4. The Kier molecular flexibility index (Phi) is 8.25. The van der Waals surface area contributed by atoms with E-state index in [4.69, 9.17) is 9.47 Å². The third-order valence-electron chi connectivity index (χ3n) is 4.89. The van der Waals surface area contributed by atoms with Crippen molar-refractivity contribution in [1.82, 2.24) is 0 Å². The van der Waals surface area contributed by atoms with Crippen LogP contribution in [0.15, 0.2) is 42.5 Å². The van der Waals surface area contributed by atoms with Crippen molar-refractivity contribution in [2.75, 3.05) is 5.32 Å². The summed E-state index contributed by atoms with van der Waals surface area (Å²) in [5.41, 5.74) is 3.65. The molecule has 0 aromatic heterocycles. The number of para-hydroxylation sites is 1. The zero-order valence-corrected chi connectivity index (χ0v) is 18.0. The van der Waals surface area contributed by atoms with Gasteiger partial charge in [-0.2, -0.15) is 0 Å². The van der Waals surface area contributed by atoms with Gasteiger partial charge in [0.25, 0.3) is 5.91 Å². The van der Waals surface area contributed by atoms with Crippen molar-refractivity contribution in [3.63, 3.8) is 0 Å². The van der Waals surface area contributed by atoms with Gasteiger partial charge in [-0.15, -0.1) is 0 Å². The Labute approximate surface area is 173 Å². The molecule has 0 aliphatic carbocycles. The normalized spacial score (nSPS) is 12.7. The molecule has 5 nitrogen and oxygen atoms in total. The van der Waals surface area contributed by atoms with Crippen LogP contribution < -0.4 is 10.1 Å². The number of ether oxygens (including phenoxy) is 2. The molecule has 0 bridgehead atoms. The molecule has 0 heterocycles. The highest BCUT2D eigenvalue weighted by molar-refractivity contribution is 6.05. The number of rotatable bonds is 9. The van der Waals surface area contributed by atoms with Gasteiger partial charge >= 0.3 is 5.97 Å². The van der Waals surface area contributed by atoms with Crippen LogP contribution in [-0.2, 0) is 22.4 Å². The molecule has 0 saturated carbocycles. The summed E-state index contributed by atoms with van der Waals surface area (Å²) in [4.78, 5) is 24.7. The molecule has 0 saturated heterocycles. The summed E-state index contributed by atoms with van der Waals surface area (Å²) in [6.45, 7) is 9.60. The van der Waals surface area contributed by atoms with Crippen molar-refractivity contribution < 1.29 is 19.1 Å². The summed E-state index contributed by atoms with van der Waals surface area (Å²) in [6, 6.07) is 12.8. The van der Waals surface area contributed by atoms with Crippen molar-refractivity contribution in [3.8, 4) is 5.75 Å². The number of amides is 1. The van der Waals surface area contributed by atoms with Crippen molar-refractivity contribution in [2.24, 2.45) is 0 Å². The Morgan fingerprint density at radius 2 is 1.52 bits per heavy atom. The average Bonchev–Trinajstić information content (AvgIpc) is 2.73. The van der Waals surface area contributed by atoms with Gasteiger partial charge in [0, 0.05) is 11.3 Å². The predicted octanol–water partition coefficient (Wildman–Crippen LogP) is 5.17. The van der Waals surface area contributed by atoms with Crippen molar-refractivity contribution >= 4 is 17.6 Å². The maximum atomic E-state index is 12.7. The number of hydrogen-bond donors (Lipinski definition) is 1. The maximum absolute atomic E-state index is 12.7. The first kappa shape index (κ1) is 22.5. The molecule has 2 rings (SSSR count). The van der Waals surface area contributed by atoms with E-state index in [0.717, 1.165) is 36.1 Å². The SMILES string of the molecule is CCc1cccc(CC)c1NC(=O)c1ccc(OC(C)C(=O)OC(C)CC)cc1. The minimum absolute atomic E-state index is 0.140. The lowest BCUT2D eigenvalue weighted by molar-refractivity contribution is -0.155. The minimum Gasteiger partial charge on any atom is -0.479 e. The third-order valence-corrected chi connectivity index (χ3v) is 4.89. The van der Waals surface area contributed by atoms with Gasteiger partial charge < -0.3 is 14.8 Å². The van der Waals surface area contributed by atoms with E-state index in [1.54, 1.807) is 31.2 Å². The molecular formula is C24H31NO4. The van der Waals surface area contributed by atoms with E-state index >= 15 is 0 Å². The first-order valence-corrected chi connectivity index (χ1v) is 10.3. The average molecular weight is 398 g/mol. The molecule has 2 aromatic carbocycles. The Morgan fingerprint density at radius 3 is 2.03 bits per heavy atom. The van der Waals surface area contributed by atoms with Gasteiger partial charge in [0.2, 0.25) is 0 Å².